The van der Waals surface area contributed by atoms with E-state index >= 15 is 0 Å². The zero-order valence-corrected chi connectivity index (χ0v) is 10.3. The van der Waals surface area contributed by atoms with Crippen LogP contribution in [0, 0.1) is 0 Å². The Hall–Kier alpha value is -2.00. The van der Waals surface area contributed by atoms with Crippen LogP contribution < -0.4 is 10.2 Å². The summed E-state index contributed by atoms with van der Waals surface area (Å²) in [5.74, 6) is 0. The number of nitrogens with one attached hydrogen (secondary N) is 1. The summed E-state index contributed by atoms with van der Waals surface area (Å²) >= 11 is 5.86. The van der Waals surface area contributed by atoms with Crippen LogP contribution in [0.2, 0.25) is 5.02 Å². The van der Waals surface area contributed by atoms with Gasteiger partial charge in [-0.05, 0) is 30.3 Å². The molecular weight excluding hydrogens is 248 g/mol. The Morgan fingerprint density at radius 1 is 1.11 bits per heavy atom. The first-order valence-electron chi connectivity index (χ1n) is 5.67. The minimum atomic E-state index is -0.117. The number of amides is 2. The van der Waals surface area contributed by atoms with Gasteiger partial charge in [0.15, 0.2) is 0 Å². The maximum Gasteiger partial charge on any atom is 0.327 e. The fourth-order valence-electron chi connectivity index (χ4n) is 2.10. The standard InChI is InChI=1S/C14H11ClN2O/c15-10-6-8-11(9-7-10)17-13-5-3-1-2-4-12(13)16-14(17)18/h1-9,12H,(H,16,18). The van der Waals surface area contributed by atoms with Gasteiger partial charge in [0.2, 0.25) is 0 Å². The lowest BCUT2D eigenvalue weighted by Crippen LogP contribution is -2.27. The molecule has 0 bridgehead atoms. The van der Waals surface area contributed by atoms with Gasteiger partial charge in [0.25, 0.3) is 0 Å². The molecule has 0 saturated carbocycles. The van der Waals surface area contributed by atoms with Gasteiger partial charge < -0.3 is 5.32 Å². The summed E-state index contributed by atoms with van der Waals surface area (Å²) in [5, 5.41) is 3.57. The fourth-order valence-corrected chi connectivity index (χ4v) is 2.23. The number of halogens is 1. The molecule has 1 atom stereocenters. The third-order valence-electron chi connectivity index (χ3n) is 2.94. The molecule has 2 amide bonds. The number of nitrogens with zero attached hydrogens (tertiary/aromatic N) is 1. The SMILES string of the molecule is O=C1NC2C=CC=CC=C2N1c1ccc(Cl)cc1. The van der Waals surface area contributed by atoms with Gasteiger partial charge in [-0.1, -0.05) is 35.9 Å². The van der Waals surface area contributed by atoms with Gasteiger partial charge in [0.05, 0.1) is 17.4 Å². The molecule has 3 nitrogen and oxygen atoms in total. The first-order chi connectivity index (χ1) is 8.75. The Balaban J connectivity index is 2.03. The number of carbonyl (C=O) groups excluding carboxylic acids is 1. The zero-order valence-electron chi connectivity index (χ0n) is 9.51. The molecule has 1 aromatic rings. The second-order valence-electron chi connectivity index (χ2n) is 4.10. The van der Waals surface area contributed by atoms with Crippen LogP contribution in [0.15, 0.2) is 60.3 Å². The Kier molecular flexibility index (Phi) is 2.68. The third kappa shape index (κ3) is 1.83. The van der Waals surface area contributed by atoms with Gasteiger partial charge in [-0.2, -0.15) is 0 Å². The van der Waals surface area contributed by atoms with Gasteiger partial charge in [0, 0.05) is 5.02 Å². The molecule has 90 valence electrons. The van der Waals surface area contributed by atoms with E-state index in [2.05, 4.69) is 5.32 Å². The van der Waals surface area contributed by atoms with Crippen LogP contribution >= 0.6 is 11.6 Å². The van der Waals surface area contributed by atoms with E-state index in [1.165, 1.54) is 0 Å². The van der Waals surface area contributed by atoms with Crippen molar-refractivity contribution in [1.29, 1.82) is 0 Å². The molecule has 1 heterocycles. The number of hydrogen-bond donors (Lipinski definition) is 1. The lowest BCUT2D eigenvalue weighted by Gasteiger charge is -2.17. The Morgan fingerprint density at radius 3 is 2.67 bits per heavy atom. The predicted molar refractivity (Wildman–Crippen MR) is 72.6 cm³/mol. The molecule has 1 fully saturated rings. The number of anilines is 1. The lowest BCUT2D eigenvalue weighted by molar-refractivity contribution is 0.251. The summed E-state index contributed by atoms with van der Waals surface area (Å²) in [6, 6.07) is 7.05. The molecule has 0 radical (unpaired) electrons. The molecule has 0 spiro atoms. The van der Waals surface area contributed by atoms with E-state index in [4.69, 9.17) is 11.6 Å². The third-order valence-corrected chi connectivity index (χ3v) is 3.19. The lowest BCUT2D eigenvalue weighted by atomic mass is 10.2. The smallest absolute Gasteiger partial charge is 0.326 e. The minimum absolute atomic E-state index is 0.0665. The molecular formula is C14H11ClN2O. The van der Waals surface area contributed by atoms with Gasteiger partial charge in [-0.15, -0.1) is 0 Å². The normalized spacial score (nSPS) is 21.4. The fraction of sp³-hybridized carbons (Fsp3) is 0.0714. The second-order valence-corrected chi connectivity index (χ2v) is 4.54. The zero-order chi connectivity index (χ0) is 12.5. The quantitative estimate of drug-likeness (QED) is 0.824. The number of benzene rings is 1. The molecule has 1 N–H and O–H groups in total. The molecule has 1 aliphatic heterocycles. The number of rotatable bonds is 1. The molecule has 1 aliphatic carbocycles. The van der Waals surface area contributed by atoms with Crippen molar-refractivity contribution in [1.82, 2.24) is 5.32 Å². The van der Waals surface area contributed by atoms with Crippen molar-refractivity contribution in [3.8, 4) is 0 Å². The monoisotopic (exact) mass is 258 g/mol. The molecule has 1 saturated heterocycles. The summed E-state index contributed by atoms with van der Waals surface area (Å²) in [7, 11) is 0. The van der Waals surface area contributed by atoms with Crippen molar-refractivity contribution in [3.05, 3.63) is 65.4 Å². The Labute approximate surface area is 110 Å². The van der Waals surface area contributed by atoms with E-state index in [1.807, 2.05) is 42.5 Å². The van der Waals surface area contributed by atoms with E-state index in [9.17, 15) is 4.79 Å². The minimum Gasteiger partial charge on any atom is -0.326 e. The van der Waals surface area contributed by atoms with Crippen molar-refractivity contribution in [2.75, 3.05) is 4.90 Å². The van der Waals surface area contributed by atoms with Crippen LogP contribution in [-0.4, -0.2) is 12.1 Å². The molecule has 18 heavy (non-hydrogen) atoms. The second kappa shape index (κ2) is 4.35. The first-order valence-corrected chi connectivity index (χ1v) is 6.05. The summed E-state index contributed by atoms with van der Waals surface area (Å²) in [5.41, 5.74) is 1.74. The van der Waals surface area contributed by atoms with Gasteiger partial charge in [0.1, 0.15) is 0 Å². The highest BCUT2D eigenvalue weighted by Gasteiger charge is 2.33. The van der Waals surface area contributed by atoms with Crippen LogP contribution in [0.1, 0.15) is 0 Å². The van der Waals surface area contributed by atoms with Crippen LogP contribution in [0.4, 0.5) is 10.5 Å². The van der Waals surface area contributed by atoms with Crippen molar-refractivity contribution < 1.29 is 4.79 Å². The number of allylic oxidation sites excluding steroid dienone is 4. The van der Waals surface area contributed by atoms with Crippen LogP contribution in [0.3, 0.4) is 0 Å². The Bertz CT molecular complexity index is 572. The molecule has 1 aromatic carbocycles. The first kappa shape index (κ1) is 11.1. The number of urea groups is 1. The van der Waals surface area contributed by atoms with E-state index in [-0.39, 0.29) is 12.1 Å². The molecule has 0 aromatic heterocycles. The number of hydrogen-bond acceptors (Lipinski definition) is 1. The Morgan fingerprint density at radius 2 is 1.89 bits per heavy atom. The van der Waals surface area contributed by atoms with Gasteiger partial charge >= 0.3 is 6.03 Å². The number of carbonyl (C=O) groups is 1. The van der Waals surface area contributed by atoms with Gasteiger partial charge in [-0.3, -0.25) is 4.90 Å². The van der Waals surface area contributed by atoms with Crippen LogP contribution in [0.5, 0.6) is 0 Å². The highest BCUT2D eigenvalue weighted by Crippen LogP contribution is 2.28. The van der Waals surface area contributed by atoms with Crippen LogP contribution in [-0.2, 0) is 0 Å². The van der Waals surface area contributed by atoms with Gasteiger partial charge in [-0.25, -0.2) is 4.79 Å². The summed E-state index contributed by atoms with van der Waals surface area (Å²) < 4.78 is 0. The average molecular weight is 259 g/mol. The van der Waals surface area contributed by atoms with Crippen LogP contribution in [0.25, 0.3) is 0 Å². The summed E-state index contributed by atoms with van der Waals surface area (Å²) in [4.78, 5) is 13.7. The largest absolute Gasteiger partial charge is 0.327 e. The maximum absolute atomic E-state index is 12.0. The summed E-state index contributed by atoms with van der Waals surface area (Å²) in [6.07, 6.45) is 9.70. The van der Waals surface area contributed by atoms with E-state index < -0.39 is 0 Å². The highest BCUT2D eigenvalue weighted by atomic mass is 35.5. The average Bonchev–Trinajstić information content (AvgIpc) is 2.54. The molecule has 4 heteroatoms. The van der Waals surface area contributed by atoms with E-state index in [0.29, 0.717) is 5.02 Å². The highest BCUT2D eigenvalue weighted by molar-refractivity contribution is 6.30. The van der Waals surface area contributed by atoms with Crippen molar-refractivity contribution >= 4 is 23.3 Å². The molecule has 3 rings (SSSR count). The maximum atomic E-state index is 12.0. The van der Waals surface area contributed by atoms with E-state index in [0.717, 1.165) is 11.4 Å². The van der Waals surface area contributed by atoms with Crippen molar-refractivity contribution in [2.24, 2.45) is 0 Å². The summed E-state index contributed by atoms with van der Waals surface area (Å²) in [6.45, 7) is 0. The van der Waals surface area contributed by atoms with E-state index in [1.54, 1.807) is 17.0 Å². The topological polar surface area (TPSA) is 32.3 Å². The molecule has 2 aliphatic rings. The predicted octanol–water partition coefficient (Wildman–Crippen LogP) is 3.25. The van der Waals surface area contributed by atoms with Crippen molar-refractivity contribution in [2.45, 2.75) is 6.04 Å². The molecule has 1 unspecified atom stereocenters. The number of fused-ring (bicyclic) bond motifs is 1. The van der Waals surface area contributed by atoms with Crippen molar-refractivity contribution in [3.63, 3.8) is 0 Å².